The van der Waals surface area contributed by atoms with Crippen molar-refractivity contribution in [3.8, 4) is 0 Å². The minimum Gasteiger partial charge on any atom is -0.343 e. The molecule has 1 amide bonds. The first-order valence-corrected chi connectivity index (χ1v) is 5.56. The lowest BCUT2D eigenvalue weighted by Crippen LogP contribution is -2.46. The van der Waals surface area contributed by atoms with Crippen molar-refractivity contribution in [3.05, 3.63) is 30.0 Å². The molecule has 1 aliphatic heterocycles. The zero-order valence-corrected chi connectivity index (χ0v) is 8.73. The number of carbonyl (C=O) groups excluding carboxylic acids is 1. The van der Waals surface area contributed by atoms with E-state index in [1.807, 2.05) is 28.9 Å². The number of benzene rings is 1. The van der Waals surface area contributed by atoms with Gasteiger partial charge in [0.05, 0.1) is 17.6 Å². The largest absolute Gasteiger partial charge is 0.343 e. The second-order valence-corrected chi connectivity index (χ2v) is 4.76. The Kier molecular flexibility index (Phi) is 1.28. The van der Waals surface area contributed by atoms with Gasteiger partial charge in [0.25, 0.3) is 5.91 Å². The van der Waals surface area contributed by atoms with Crippen LogP contribution in [0.15, 0.2) is 24.3 Å². The maximum atomic E-state index is 12.0. The fourth-order valence-electron chi connectivity index (χ4n) is 2.49. The van der Waals surface area contributed by atoms with Crippen LogP contribution in [0, 0.1) is 0 Å². The lowest BCUT2D eigenvalue weighted by atomic mass is 10.1. The van der Waals surface area contributed by atoms with Crippen molar-refractivity contribution in [2.75, 3.05) is 0 Å². The summed E-state index contributed by atoms with van der Waals surface area (Å²) in [5, 5.41) is 8.55. The third-order valence-corrected chi connectivity index (χ3v) is 3.55. The number of nitrogens with zero attached hydrogens (tertiary/aromatic N) is 2. The number of fused-ring (bicyclic) bond motifs is 3. The third-order valence-electron chi connectivity index (χ3n) is 3.55. The van der Waals surface area contributed by atoms with E-state index in [0.29, 0.717) is 5.69 Å². The molecule has 1 aromatic carbocycles. The molecule has 1 saturated carbocycles. The lowest BCUT2D eigenvalue weighted by molar-refractivity contribution is 0.0889. The Balaban J connectivity index is 2.01. The van der Waals surface area contributed by atoms with Gasteiger partial charge in [-0.3, -0.25) is 9.48 Å². The van der Waals surface area contributed by atoms with Gasteiger partial charge >= 0.3 is 0 Å². The summed E-state index contributed by atoms with van der Waals surface area (Å²) >= 11 is 0. The summed E-state index contributed by atoms with van der Waals surface area (Å²) in [7, 11) is 0. The van der Waals surface area contributed by atoms with E-state index < -0.39 is 0 Å². The van der Waals surface area contributed by atoms with Gasteiger partial charge in [-0.15, -0.1) is 0 Å². The average Bonchev–Trinajstić information content (AvgIpc) is 2.90. The van der Waals surface area contributed by atoms with Crippen LogP contribution in [0.3, 0.4) is 0 Å². The van der Waals surface area contributed by atoms with Gasteiger partial charge < -0.3 is 5.32 Å². The Bertz CT molecular complexity index is 610. The summed E-state index contributed by atoms with van der Waals surface area (Å²) in [6.07, 6.45) is 2.16. The highest BCUT2D eigenvalue weighted by atomic mass is 16.2. The Morgan fingerprint density at radius 2 is 2.12 bits per heavy atom. The Morgan fingerprint density at radius 3 is 2.94 bits per heavy atom. The fourth-order valence-corrected chi connectivity index (χ4v) is 2.49. The van der Waals surface area contributed by atoms with Gasteiger partial charge in [-0.1, -0.05) is 18.2 Å². The molecule has 1 aromatic heterocycles. The van der Waals surface area contributed by atoms with E-state index in [9.17, 15) is 4.79 Å². The molecule has 1 N–H and O–H groups in total. The number of rotatable bonds is 0. The van der Waals surface area contributed by atoms with Crippen LogP contribution in [0.25, 0.3) is 10.9 Å². The number of carbonyl (C=O) groups is 1. The summed E-state index contributed by atoms with van der Waals surface area (Å²) in [5.41, 5.74) is 1.64. The van der Waals surface area contributed by atoms with Crippen LogP contribution in [-0.2, 0) is 6.54 Å². The van der Waals surface area contributed by atoms with Crippen molar-refractivity contribution in [1.29, 1.82) is 0 Å². The normalized spacial score (nSPS) is 20.9. The highest BCUT2D eigenvalue weighted by Gasteiger charge is 2.48. The minimum absolute atomic E-state index is 0.0200. The van der Waals surface area contributed by atoms with E-state index in [4.69, 9.17) is 0 Å². The van der Waals surface area contributed by atoms with Crippen LogP contribution in [0.4, 0.5) is 0 Å². The van der Waals surface area contributed by atoms with Gasteiger partial charge in [-0.2, -0.15) is 5.10 Å². The first-order valence-electron chi connectivity index (χ1n) is 5.56. The summed E-state index contributed by atoms with van der Waals surface area (Å²) < 4.78 is 1.87. The number of nitrogens with one attached hydrogen (secondary N) is 1. The zero-order valence-electron chi connectivity index (χ0n) is 8.73. The van der Waals surface area contributed by atoms with Crippen LogP contribution in [-0.4, -0.2) is 21.2 Å². The maximum Gasteiger partial charge on any atom is 0.270 e. The molecule has 2 heterocycles. The van der Waals surface area contributed by atoms with E-state index >= 15 is 0 Å². The molecule has 1 fully saturated rings. The predicted molar refractivity (Wildman–Crippen MR) is 59.2 cm³/mol. The van der Waals surface area contributed by atoms with Gasteiger partial charge in [-0.05, 0) is 18.9 Å². The van der Waals surface area contributed by atoms with Gasteiger partial charge in [-0.25, -0.2) is 0 Å². The molecule has 0 unspecified atom stereocenters. The van der Waals surface area contributed by atoms with Crippen molar-refractivity contribution in [2.45, 2.75) is 24.9 Å². The monoisotopic (exact) mass is 213 g/mol. The zero-order chi connectivity index (χ0) is 10.8. The van der Waals surface area contributed by atoms with Crippen LogP contribution < -0.4 is 5.32 Å². The average molecular weight is 213 g/mol. The van der Waals surface area contributed by atoms with Crippen molar-refractivity contribution in [3.63, 3.8) is 0 Å². The highest BCUT2D eigenvalue weighted by molar-refractivity contribution is 6.06. The van der Waals surface area contributed by atoms with Gasteiger partial charge in [0.15, 0.2) is 0 Å². The number of hydrogen-bond acceptors (Lipinski definition) is 2. The maximum absolute atomic E-state index is 12.0. The SMILES string of the molecule is O=C1NC2(CC2)Cn2nc3ccccc3c21. The van der Waals surface area contributed by atoms with E-state index in [0.717, 1.165) is 30.3 Å². The van der Waals surface area contributed by atoms with Crippen molar-refractivity contribution in [2.24, 2.45) is 0 Å². The molecule has 4 nitrogen and oxygen atoms in total. The molecule has 4 rings (SSSR count). The topological polar surface area (TPSA) is 46.9 Å². The van der Waals surface area contributed by atoms with Gasteiger partial charge in [0.1, 0.15) is 5.69 Å². The van der Waals surface area contributed by atoms with Crippen molar-refractivity contribution >= 4 is 16.8 Å². The number of amides is 1. The standard InChI is InChI=1S/C12H11N3O/c16-11-10-8-3-1-2-4-9(8)14-15(10)7-12(13-11)5-6-12/h1-4H,5-7H2,(H,13,16). The van der Waals surface area contributed by atoms with E-state index in [2.05, 4.69) is 10.4 Å². The number of aromatic nitrogens is 2. The van der Waals surface area contributed by atoms with E-state index in [1.165, 1.54) is 0 Å². The molecule has 0 saturated heterocycles. The van der Waals surface area contributed by atoms with E-state index in [1.54, 1.807) is 0 Å². The molecule has 1 aliphatic carbocycles. The predicted octanol–water partition coefficient (Wildman–Crippen LogP) is 1.31. The molecule has 2 aliphatic rings. The molecule has 80 valence electrons. The molecule has 4 heteroatoms. The van der Waals surface area contributed by atoms with Crippen LogP contribution >= 0.6 is 0 Å². The Hall–Kier alpha value is -1.84. The molecule has 1 spiro atoms. The molecular weight excluding hydrogens is 202 g/mol. The Morgan fingerprint density at radius 1 is 1.31 bits per heavy atom. The lowest BCUT2D eigenvalue weighted by Gasteiger charge is -2.24. The van der Waals surface area contributed by atoms with Crippen LogP contribution in [0.1, 0.15) is 23.3 Å². The number of hydrogen-bond donors (Lipinski definition) is 1. The summed E-state index contributed by atoms with van der Waals surface area (Å²) in [4.78, 5) is 12.0. The molecular formula is C12H11N3O. The fraction of sp³-hybridized carbons (Fsp3) is 0.333. The summed E-state index contributed by atoms with van der Waals surface area (Å²) in [6.45, 7) is 0.822. The smallest absolute Gasteiger partial charge is 0.270 e. The van der Waals surface area contributed by atoms with Gasteiger partial charge in [0.2, 0.25) is 0 Å². The molecule has 0 bridgehead atoms. The van der Waals surface area contributed by atoms with Gasteiger partial charge in [0, 0.05) is 5.39 Å². The minimum atomic E-state index is 0.0200. The molecule has 0 atom stereocenters. The first-order chi connectivity index (χ1) is 7.77. The van der Waals surface area contributed by atoms with Crippen LogP contribution in [0.5, 0.6) is 0 Å². The van der Waals surface area contributed by atoms with E-state index in [-0.39, 0.29) is 11.4 Å². The summed E-state index contributed by atoms with van der Waals surface area (Å²) in [5.74, 6) is 0.0254. The quantitative estimate of drug-likeness (QED) is 0.717. The van der Waals surface area contributed by atoms with Crippen molar-refractivity contribution < 1.29 is 4.79 Å². The highest BCUT2D eigenvalue weighted by Crippen LogP contribution is 2.40. The second-order valence-electron chi connectivity index (χ2n) is 4.76. The third kappa shape index (κ3) is 0.939. The molecule has 2 aromatic rings. The van der Waals surface area contributed by atoms with Crippen molar-refractivity contribution in [1.82, 2.24) is 15.1 Å². The summed E-state index contributed by atoms with van der Waals surface area (Å²) in [6, 6.07) is 7.80. The molecule has 16 heavy (non-hydrogen) atoms. The first kappa shape index (κ1) is 8.33. The van der Waals surface area contributed by atoms with Crippen LogP contribution in [0.2, 0.25) is 0 Å². The Labute approximate surface area is 92.2 Å². The molecule has 0 radical (unpaired) electrons. The second kappa shape index (κ2) is 2.45.